The molecule has 0 aliphatic carbocycles. The molecule has 1 heterocycles. The van der Waals surface area contributed by atoms with E-state index < -0.39 is 0 Å². The molecule has 1 aromatic carbocycles. The van der Waals surface area contributed by atoms with Crippen LogP contribution in [0.25, 0.3) is 0 Å². The van der Waals surface area contributed by atoms with Gasteiger partial charge in [-0.05, 0) is 59.4 Å². The number of carbonyl (C=O) groups is 1. The Morgan fingerprint density at radius 3 is 2.44 bits per heavy atom. The maximum atomic E-state index is 11.8. The molecule has 0 unspecified atom stereocenters. The number of rotatable bonds is 2. The summed E-state index contributed by atoms with van der Waals surface area (Å²) >= 11 is 2.24. The van der Waals surface area contributed by atoms with E-state index in [2.05, 4.69) is 33.2 Å². The maximum Gasteiger partial charge on any atom is 0.251 e. The lowest BCUT2D eigenvalue weighted by atomic mass is 10.0. The number of nitrogens with one attached hydrogen (secondary N) is 2. The molecule has 1 aromatic rings. The average Bonchev–Trinajstić information content (AvgIpc) is 2.19. The molecule has 0 aromatic heterocycles. The molecule has 0 radical (unpaired) electrons. The summed E-state index contributed by atoms with van der Waals surface area (Å²) < 4.78 is 1.16. The van der Waals surface area contributed by atoms with Crippen molar-refractivity contribution in [3.8, 4) is 0 Å². The third-order valence-electron chi connectivity index (χ3n) is 2.65. The number of amides is 1. The molecule has 16 heavy (non-hydrogen) atoms. The molecular formula is C12H13IN2O. The van der Waals surface area contributed by atoms with Crippen LogP contribution in [0.5, 0.6) is 0 Å². The molecule has 4 heteroatoms. The molecule has 0 bridgehead atoms. The average molecular weight is 328 g/mol. The molecule has 1 fully saturated rings. The van der Waals surface area contributed by atoms with Crippen molar-refractivity contribution in [2.24, 2.45) is 0 Å². The topological polar surface area (TPSA) is 41.1 Å². The lowest BCUT2D eigenvalue weighted by Crippen LogP contribution is -2.36. The molecule has 1 aliphatic rings. The molecule has 2 N–H and O–H groups in total. The summed E-state index contributed by atoms with van der Waals surface area (Å²) in [6.45, 7) is 3.55. The number of hydrogen-bond donors (Lipinski definition) is 2. The minimum Gasteiger partial charge on any atom is -0.322 e. The van der Waals surface area contributed by atoms with Crippen molar-refractivity contribution in [2.75, 3.05) is 18.4 Å². The molecule has 3 nitrogen and oxygen atoms in total. The van der Waals surface area contributed by atoms with Crippen molar-refractivity contribution < 1.29 is 4.79 Å². The Labute approximate surface area is 108 Å². The first-order valence-electron chi connectivity index (χ1n) is 5.13. The highest BCUT2D eigenvalue weighted by atomic mass is 127. The third-order valence-corrected chi connectivity index (χ3v) is 3.37. The normalized spacial score (nSPS) is 14.2. The fraction of sp³-hybridized carbons (Fsp3) is 0.250. The zero-order chi connectivity index (χ0) is 11.5. The molecular weight excluding hydrogens is 315 g/mol. The number of carbonyl (C=O) groups excluding carboxylic acids is 1. The Morgan fingerprint density at radius 2 is 1.94 bits per heavy atom. The van der Waals surface area contributed by atoms with E-state index >= 15 is 0 Å². The fourth-order valence-corrected chi connectivity index (χ4v) is 1.79. The molecule has 0 atom stereocenters. The molecule has 1 aliphatic heterocycles. The van der Waals surface area contributed by atoms with Crippen LogP contribution in [-0.2, 0) is 4.79 Å². The lowest BCUT2D eigenvalue weighted by Gasteiger charge is -2.21. The highest BCUT2D eigenvalue weighted by Crippen LogP contribution is 2.14. The molecule has 2 rings (SSSR count). The van der Waals surface area contributed by atoms with E-state index in [9.17, 15) is 4.79 Å². The second-order valence-electron chi connectivity index (χ2n) is 3.79. The predicted octanol–water partition coefficient (Wildman–Crippen LogP) is 2.15. The van der Waals surface area contributed by atoms with Gasteiger partial charge in [0.2, 0.25) is 0 Å². The summed E-state index contributed by atoms with van der Waals surface area (Å²) in [4.78, 5) is 11.8. The van der Waals surface area contributed by atoms with Gasteiger partial charge in [-0.3, -0.25) is 4.79 Å². The third kappa shape index (κ3) is 2.62. The van der Waals surface area contributed by atoms with Crippen molar-refractivity contribution in [1.82, 2.24) is 5.32 Å². The monoisotopic (exact) mass is 328 g/mol. The van der Waals surface area contributed by atoms with E-state index in [0.29, 0.717) is 0 Å². The van der Waals surface area contributed by atoms with Crippen LogP contribution in [0.15, 0.2) is 35.4 Å². The van der Waals surface area contributed by atoms with E-state index in [1.165, 1.54) is 5.57 Å². The molecule has 84 valence electrons. The number of halogens is 1. The molecule has 0 spiro atoms. The smallest absolute Gasteiger partial charge is 0.251 e. The number of benzene rings is 1. The first-order valence-corrected chi connectivity index (χ1v) is 6.21. The zero-order valence-corrected chi connectivity index (χ0v) is 11.2. The predicted molar refractivity (Wildman–Crippen MR) is 73.4 cm³/mol. The summed E-state index contributed by atoms with van der Waals surface area (Å²) in [5.74, 6) is -0.00212. The fourth-order valence-electron chi connectivity index (χ4n) is 1.43. The van der Waals surface area contributed by atoms with Crippen LogP contribution in [0, 0.1) is 3.57 Å². The molecule has 1 saturated heterocycles. The SMILES string of the molecule is CC(C(=O)Nc1ccc(I)cc1)=C1CNC1. The van der Waals surface area contributed by atoms with Crippen molar-refractivity contribution in [3.05, 3.63) is 39.0 Å². The molecule has 1 amide bonds. The highest BCUT2D eigenvalue weighted by Gasteiger charge is 2.15. The van der Waals surface area contributed by atoms with E-state index in [0.717, 1.165) is 27.9 Å². The summed E-state index contributed by atoms with van der Waals surface area (Å²) in [6, 6.07) is 7.78. The maximum absolute atomic E-state index is 11.8. The quantitative estimate of drug-likeness (QED) is 0.645. The van der Waals surface area contributed by atoms with Crippen LogP contribution < -0.4 is 10.6 Å². The van der Waals surface area contributed by atoms with Crippen LogP contribution in [0.2, 0.25) is 0 Å². The second kappa shape index (κ2) is 4.97. The van der Waals surface area contributed by atoms with Crippen LogP contribution >= 0.6 is 22.6 Å². The van der Waals surface area contributed by atoms with Crippen molar-refractivity contribution in [1.29, 1.82) is 0 Å². The number of hydrogen-bond acceptors (Lipinski definition) is 2. The van der Waals surface area contributed by atoms with Gasteiger partial charge in [-0.2, -0.15) is 0 Å². The lowest BCUT2D eigenvalue weighted by molar-refractivity contribution is -0.112. The second-order valence-corrected chi connectivity index (χ2v) is 5.04. The van der Waals surface area contributed by atoms with Gasteiger partial charge in [0.1, 0.15) is 0 Å². The summed E-state index contributed by atoms with van der Waals surface area (Å²) in [7, 11) is 0. The Kier molecular flexibility index (Phi) is 3.60. The highest BCUT2D eigenvalue weighted by molar-refractivity contribution is 14.1. The minimum atomic E-state index is -0.00212. The van der Waals surface area contributed by atoms with Crippen molar-refractivity contribution in [3.63, 3.8) is 0 Å². The Bertz CT molecular complexity index is 431. The van der Waals surface area contributed by atoms with Crippen LogP contribution in [0.4, 0.5) is 5.69 Å². The van der Waals surface area contributed by atoms with Gasteiger partial charge in [-0.15, -0.1) is 0 Å². The standard InChI is InChI=1S/C12H13IN2O/c1-8(9-6-14-7-9)12(16)15-11-4-2-10(13)3-5-11/h2-5,14H,6-7H2,1H3,(H,15,16). The van der Waals surface area contributed by atoms with Crippen molar-refractivity contribution >= 4 is 34.2 Å². The van der Waals surface area contributed by atoms with Crippen LogP contribution in [-0.4, -0.2) is 19.0 Å². The summed E-state index contributed by atoms with van der Waals surface area (Å²) in [6.07, 6.45) is 0. The van der Waals surface area contributed by atoms with Crippen molar-refractivity contribution in [2.45, 2.75) is 6.92 Å². The molecule has 0 saturated carbocycles. The summed E-state index contributed by atoms with van der Waals surface area (Å²) in [5.41, 5.74) is 2.87. The van der Waals surface area contributed by atoms with Gasteiger partial charge in [0.05, 0.1) is 0 Å². The summed E-state index contributed by atoms with van der Waals surface area (Å²) in [5, 5.41) is 6.02. The van der Waals surface area contributed by atoms with Crippen LogP contribution in [0.3, 0.4) is 0 Å². The minimum absolute atomic E-state index is 0.00212. The number of anilines is 1. The van der Waals surface area contributed by atoms with Gasteiger partial charge in [-0.1, -0.05) is 0 Å². The van der Waals surface area contributed by atoms with Gasteiger partial charge in [-0.25, -0.2) is 0 Å². The van der Waals surface area contributed by atoms with Gasteiger partial charge in [0.25, 0.3) is 5.91 Å². The van der Waals surface area contributed by atoms with E-state index in [4.69, 9.17) is 0 Å². The Hall–Kier alpha value is -0.880. The first-order chi connectivity index (χ1) is 7.66. The van der Waals surface area contributed by atoms with Crippen LogP contribution in [0.1, 0.15) is 6.92 Å². The Morgan fingerprint density at radius 1 is 1.31 bits per heavy atom. The van der Waals surface area contributed by atoms with Gasteiger partial charge >= 0.3 is 0 Å². The Balaban J connectivity index is 2.04. The van der Waals surface area contributed by atoms with E-state index in [-0.39, 0.29) is 5.91 Å². The zero-order valence-electron chi connectivity index (χ0n) is 9.01. The van der Waals surface area contributed by atoms with Gasteiger partial charge in [0.15, 0.2) is 0 Å². The largest absolute Gasteiger partial charge is 0.322 e. The van der Waals surface area contributed by atoms with E-state index in [1.807, 2.05) is 31.2 Å². The first kappa shape index (κ1) is 11.6. The van der Waals surface area contributed by atoms with Gasteiger partial charge in [0, 0.05) is 27.9 Å². The van der Waals surface area contributed by atoms with Gasteiger partial charge < -0.3 is 10.6 Å². The van der Waals surface area contributed by atoms with E-state index in [1.54, 1.807) is 0 Å².